The van der Waals surface area contributed by atoms with Crippen LogP contribution in [0.1, 0.15) is 23.2 Å². The number of anilines is 2. The predicted molar refractivity (Wildman–Crippen MR) is 127 cm³/mol. The number of rotatable bonds is 6. The number of aromatic nitrogens is 3. The molecule has 0 bridgehead atoms. The van der Waals surface area contributed by atoms with Gasteiger partial charge in [-0.15, -0.1) is 0 Å². The molecule has 2 aromatic heterocycles. The number of carbonyl (C=O) groups excluding carboxylic acids is 1. The SMILES string of the molecule is COc1cnc(-c2cc(Cl)ccc2F)nc1Nc1ccncc1C(=O)NC1CCN(C(=O)O)CC1. The summed E-state index contributed by atoms with van der Waals surface area (Å²) in [7, 11) is 1.44. The molecule has 0 atom stereocenters. The van der Waals surface area contributed by atoms with Gasteiger partial charge in [-0.1, -0.05) is 11.6 Å². The lowest BCUT2D eigenvalue weighted by molar-refractivity contribution is 0.0908. The smallest absolute Gasteiger partial charge is 0.407 e. The molecule has 35 heavy (non-hydrogen) atoms. The van der Waals surface area contributed by atoms with Crippen LogP contribution in [0.25, 0.3) is 11.4 Å². The maximum absolute atomic E-state index is 14.4. The number of nitrogens with zero attached hydrogens (tertiary/aromatic N) is 4. The van der Waals surface area contributed by atoms with Crippen molar-refractivity contribution in [3.8, 4) is 17.1 Å². The molecule has 0 unspecified atom stereocenters. The highest BCUT2D eigenvalue weighted by Crippen LogP contribution is 2.30. The van der Waals surface area contributed by atoms with Crippen molar-refractivity contribution in [2.45, 2.75) is 18.9 Å². The first-order valence-corrected chi connectivity index (χ1v) is 11.1. The highest BCUT2D eigenvalue weighted by atomic mass is 35.5. The highest BCUT2D eigenvalue weighted by Gasteiger charge is 2.25. The molecule has 3 aromatic rings. The molecule has 3 N–H and O–H groups in total. The van der Waals surface area contributed by atoms with Crippen LogP contribution >= 0.6 is 11.6 Å². The lowest BCUT2D eigenvalue weighted by atomic mass is 10.0. The van der Waals surface area contributed by atoms with Crippen molar-refractivity contribution < 1.29 is 23.8 Å². The molecule has 2 amide bonds. The van der Waals surface area contributed by atoms with Gasteiger partial charge in [0.15, 0.2) is 17.4 Å². The van der Waals surface area contributed by atoms with Crippen LogP contribution in [0.3, 0.4) is 0 Å². The first-order valence-electron chi connectivity index (χ1n) is 10.7. The Bertz CT molecular complexity index is 1250. The van der Waals surface area contributed by atoms with Crippen LogP contribution in [0.15, 0.2) is 42.9 Å². The fraction of sp³-hybridized carbons (Fsp3) is 0.261. The number of methoxy groups -OCH3 is 1. The van der Waals surface area contributed by atoms with Crippen molar-refractivity contribution >= 4 is 35.1 Å². The summed E-state index contributed by atoms with van der Waals surface area (Å²) < 4.78 is 19.7. The van der Waals surface area contributed by atoms with E-state index < -0.39 is 11.9 Å². The minimum Gasteiger partial charge on any atom is -0.491 e. The van der Waals surface area contributed by atoms with Crippen molar-refractivity contribution in [1.82, 2.24) is 25.2 Å². The molecule has 0 aliphatic carbocycles. The Balaban J connectivity index is 1.57. The van der Waals surface area contributed by atoms with Gasteiger partial charge in [-0.3, -0.25) is 9.78 Å². The Kier molecular flexibility index (Phi) is 7.25. The molecule has 1 aromatic carbocycles. The zero-order chi connectivity index (χ0) is 24.9. The topological polar surface area (TPSA) is 130 Å². The first-order chi connectivity index (χ1) is 16.9. The molecule has 1 fully saturated rings. The second kappa shape index (κ2) is 10.5. The molecule has 1 aliphatic heterocycles. The number of hydrogen-bond donors (Lipinski definition) is 3. The average Bonchev–Trinajstić information content (AvgIpc) is 2.86. The summed E-state index contributed by atoms with van der Waals surface area (Å²) in [5.74, 6) is -0.335. The lowest BCUT2D eigenvalue weighted by Gasteiger charge is -2.30. The third-order valence-corrected chi connectivity index (χ3v) is 5.80. The van der Waals surface area contributed by atoms with Crippen LogP contribution in [-0.4, -0.2) is 63.2 Å². The molecule has 3 heterocycles. The van der Waals surface area contributed by atoms with Crippen molar-refractivity contribution in [3.63, 3.8) is 0 Å². The van der Waals surface area contributed by atoms with Gasteiger partial charge in [0.2, 0.25) is 0 Å². The largest absolute Gasteiger partial charge is 0.491 e. The number of pyridine rings is 1. The van der Waals surface area contributed by atoms with Crippen molar-refractivity contribution in [3.05, 3.63) is 59.3 Å². The quantitative estimate of drug-likeness (QED) is 0.464. The summed E-state index contributed by atoms with van der Waals surface area (Å²) in [6, 6.07) is 5.50. The standard InChI is InChI=1S/C23H22ClFN6O4/c1-35-19-12-27-20(15-10-13(24)2-3-17(15)25)30-21(19)29-18-4-7-26-11-16(18)22(32)28-14-5-8-31(9-6-14)23(33)34/h2-4,7,10-12,14H,5-6,8-9H2,1H3,(H,28,32)(H,33,34)(H,26,27,29,30). The van der Waals surface area contributed by atoms with E-state index in [4.69, 9.17) is 21.4 Å². The Morgan fingerprint density at radius 1 is 1.23 bits per heavy atom. The molecule has 10 nitrogen and oxygen atoms in total. The number of nitrogens with one attached hydrogen (secondary N) is 2. The summed E-state index contributed by atoms with van der Waals surface area (Å²) in [5.41, 5.74) is 0.767. The number of carbonyl (C=O) groups is 2. The Morgan fingerprint density at radius 2 is 2.00 bits per heavy atom. The number of piperidine rings is 1. The maximum atomic E-state index is 14.4. The van der Waals surface area contributed by atoms with E-state index in [2.05, 4.69) is 25.6 Å². The van der Waals surface area contributed by atoms with E-state index in [9.17, 15) is 14.0 Å². The minimum absolute atomic E-state index is 0.0820. The molecule has 1 saturated heterocycles. The highest BCUT2D eigenvalue weighted by molar-refractivity contribution is 6.30. The van der Waals surface area contributed by atoms with Gasteiger partial charge in [-0.05, 0) is 37.1 Å². The van der Waals surface area contributed by atoms with Gasteiger partial charge in [0, 0.05) is 36.5 Å². The number of benzene rings is 1. The zero-order valence-corrected chi connectivity index (χ0v) is 19.4. The molecule has 4 rings (SSSR count). The summed E-state index contributed by atoms with van der Waals surface area (Å²) in [6.07, 6.45) is 4.36. The Labute approximate surface area is 205 Å². The molecule has 12 heteroatoms. The Hall–Kier alpha value is -3.99. The summed E-state index contributed by atoms with van der Waals surface area (Å²) >= 11 is 6.01. The number of likely N-dealkylation sites (tertiary alicyclic amines) is 1. The molecule has 182 valence electrons. The van der Waals surface area contributed by atoms with E-state index in [1.165, 1.54) is 48.8 Å². The van der Waals surface area contributed by atoms with Gasteiger partial charge in [0.05, 0.1) is 30.1 Å². The van der Waals surface area contributed by atoms with E-state index in [1.807, 2.05) is 0 Å². The van der Waals surface area contributed by atoms with Crippen LogP contribution in [0.5, 0.6) is 5.75 Å². The van der Waals surface area contributed by atoms with Crippen molar-refractivity contribution in [1.29, 1.82) is 0 Å². The zero-order valence-electron chi connectivity index (χ0n) is 18.7. The minimum atomic E-state index is -0.968. The van der Waals surface area contributed by atoms with Crippen molar-refractivity contribution in [2.75, 3.05) is 25.5 Å². The molecule has 1 aliphatic rings. The van der Waals surface area contributed by atoms with E-state index >= 15 is 0 Å². The first kappa shape index (κ1) is 24.1. The molecular weight excluding hydrogens is 479 g/mol. The van der Waals surface area contributed by atoms with Gasteiger partial charge in [-0.25, -0.2) is 19.2 Å². The van der Waals surface area contributed by atoms with Crippen LogP contribution in [0.4, 0.5) is 20.7 Å². The van der Waals surface area contributed by atoms with Crippen LogP contribution in [0.2, 0.25) is 5.02 Å². The second-order valence-electron chi connectivity index (χ2n) is 7.80. The van der Waals surface area contributed by atoms with E-state index in [0.717, 1.165) is 0 Å². The van der Waals surface area contributed by atoms with Crippen LogP contribution in [0, 0.1) is 5.82 Å². The van der Waals surface area contributed by atoms with Crippen molar-refractivity contribution in [2.24, 2.45) is 0 Å². The summed E-state index contributed by atoms with van der Waals surface area (Å²) in [4.78, 5) is 38.0. The Morgan fingerprint density at radius 3 is 2.71 bits per heavy atom. The van der Waals surface area contributed by atoms with E-state index in [-0.39, 0.29) is 40.5 Å². The summed E-state index contributed by atoms with van der Waals surface area (Å²) in [6.45, 7) is 0.693. The molecule has 0 spiro atoms. The molecule has 0 saturated carbocycles. The number of hydrogen-bond acceptors (Lipinski definition) is 7. The number of carboxylic acid groups (broad SMARTS) is 1. The normalized spacial score (nSPS) is 13.9. The average molecular weight is 501 g/mol. The molecular formula is C23H22ClFN6O4. The van der Waals surface area contributed by atoms with Crippen LogP contribution < -0.4 is 15.4 Å². The van der Waals surface area contributed by atoms with Gasteiger partial charge >= 0.3 is 6.09 Å². The second-order valence-corrected chi connectivity index (χ2v) is 8.23. The number of halogens is 2. The number of ether oxygens (including phenoxy) is 1. The summed E-state index contributed by atoms with van der Waals surface area (Å²) in [5, 5.41) is 15.4. The van der Waals surface area contributed by atoms with Gasteiger partial charge in [0.25, 0.3) is 5.91 Å². The van der Waals surface area contributed by atoms with E-state index in [0.29, 0.717) is 36.6 Å². The predicted octanol–water partition coefficient (Wildman–Crippen LogP) is 3.96. The number of amides is 2. The third-order valence-electron chi connectivity index (χ3n) is 5.56. The monoisotopic (exact) mass is 500 g/mol. The van der Waals surface area contributed by atoms with Gasteiger partial charge in [-0.2, -0.15) is 0 Å². The van der Waals surface area contributed by atoms with Gasteiger partial charge in [0.1, 0.15) is 5.82 Å². The maximum Gasteiger partial charge on any atom is 0.407 e. The third kappa shape index (κ3) is 5.57. The van der Waals surface area contributed by atoms with E-state index in [1.54, 1.807) is 6.07 Å². The lowest BCUT2D eigenvalue weighted by Crippen LogP contribution is -2.46. The molecule has 0 radical (unpaired) electrons. The van der Waals surface area contributed by atoms with Gasteiger partial charge < -0.3 is 25.4 Å². The van der Waals surface area contributed by atoms with Crippen LogP contribution in [-0.2, 0) is 0 Å². The fourth-order valence-corrected chi connectivity index (χ4v) is 3.87. The fourth-order valence-electron chi connectivity index (χ4n) is 3.70.